The summed E-state index contributed by atoms with van der Waals surface area (Å²) in [6.07, 6.45) is 0.0648. The Bertz CT molecular complexity index is 499. The van der Waals surface area contributed by atoms with E-state index in [9.17, 15) is 9.59 Å². The Morgan fingerprint density at radius 1 is 1.14 bits per heavy atom. The summed E-state index contributed by atoms with van der Waals surface area (Å²) in [5.74, 6) is 0.345. The van der Waals surface area contributed by atoms with Crippen molar-refractivity contribution >= 4 is 11.9 Å². The third kappa shape index (κ3) is 5.72. The average Bonchev–Trinajstić information content (AvgIpc) is 2.44. The quantitative estimate of drug-likeness (QED) is 0.768. The second kappa shape index (κ2) is 8.14. The van der Waals surface area contributed by atoms with Gasteiger partial charge in [0.2, 0.25) is 0 Å². The molecular weight excluding hydrogens is 274 g/mol. The van der Waals surface area contributed by atoms with Crippen molar-refractivity contribution in [3.05, 3.63) is 23.8 Å². The van der Waals surface area contributed by atoms with Crippen LogP contribution in [0.15, 0.2) is 18.2 Å². The Balaban J connectivity index is 2.53. The van der Waals surface area contributed by atoms with E-state index in [0.29, 0.717) is 11.5 Å². The fourth-order valence-electron chi connectivity index (χ4n) is 1.72. The zero-order valence-electron chi connectivity index (χ0n) is 12.8. The average molecular weight is 295 g/mol. The lowest BCUT2D eigenvalue weighted by atomic mass is 10.1. The van der Waals surface area contributed by atoms with Crippen LogP contribution in [0.25, 0.3) is 0 Å². The molecule has 6 heteroatoms. The minimum absolute atomic E-state index is 0.0158. The fraction of sp³-hybridized carbons (Fsp3) is 0.467. The van der Waals surface area contributed by atoms with Gasteiger partial charge in [0, 0.05) is 6.04 Å². The zero-order valence-corrected chi connectivity index (χ0v) is 12.8. The van der Waals surface area contributed by atoms with Gasteiger partial charge in [0.1, 0.15) is 0 Å². The normalized spacial score (nSPS) is 10.1. The molecule has 0 aromatic heterocycles. The number of benzene rings is 1. The van der Waals surface area contributed by atoms with Gasteiger partial charge in [-0.1, -0.05) is 6.07 Å². The molecule has 0 radical (unpaired) electrons. The topological polar surface area (TPSA) is 73.9 Å². The van der Waals surface area contributed by atoms with E-state index in [1.54, 1.807) is 25.3 Å². The lowest BCUT2D eigenvalue weighted by Crippen LogP contribution is -2.34. The molecule has 116 valence electrons. The summed E-state index contributed by atoms with van der Waals surface area (Å²) in [6, 6.07) is 5.18. The van der Waals surface area contributed by atoms with Crippen molar-refractivity contribution in [2.75, 3.05) is 20.8 Å². The summed E-state index contributed by atoms with van der Waals surface area (Å²) < 4.78 is 15.2. The van der Waals surface area contributed by atoms with Gasteiger partial charge >= 0.3 is 5.97 Å². The predicted octanol–water partition coefficient (Wildman–Crippen LogP) is 1.31. The third-order valence-corrected chi connectivity index (χ3v) is 2.61. The van der Waals surface area contributed by atoms with Crippen LogP contribution in [0.4, 0.5) is 0 Å². The summed E-state index contributed by atoms with van der Waals surface area (Å²) >= 11 is 0. The van der Waals surface area contributed by atoms with Crippen molar-refractivity contribution in [3.63, 3.8) is 0 Å². The second-order valence-electron chi connectivity index (χ2n) is 4.75. The van der Waals surface area contributed by atoms with Gasteiger partial charge < -0.3 is 19.5 Å². The zero-order chi connectivity index (χ0) is 15.8. The second-order valence-corrected chi connectivity index (χ2v) is 4.75. The van der Waals surface area contributed by atoms with Crippen LogP contribution in [0.1, 0.15) is 19.4 Å². The number of hydrogen-bond acceptors (Lipinski definition) is 5. The van der Waals surface area contributed by atoms with E-state index in [0.717, 1.165) is 5.56 Å². The molecule has 0 atom stereocenters. The van der Waals surface area contributed by atoms with Crippen LogP contribution in [0.2, 0.25) is 0 Å². The van der Waals surface area contributed by atoms with Crippen LogP contribution in [0, 0.1) is 0 Å². The van der Waals surface area contributed by atoms with Gasteiger partial charge in [0.15, 0.2) is 18.1 Å². The number of amides is 1. The molecule has 0 bridgehead atoms. The smallest absolute Gasteiger partial charge is 0.310 e. The van der Waals surface area contributed by atoms with E-state index in [1.165, 1.54) is 7.11 Å². The molecule has 0 spiro atoms. The van der Waals surface area contributed by atoms with E-state index in [-0.39, 0.29) is 25.0 Å². The first-order valence-electron chi connectivity index (χ1n) is 6.62. The van der Waals surface area contributed by atoms with Crippen molar-refractivity contribution in [1.29, 1.82) is 0 Å². The van der Waals surface area contributed by atoms with Crippen LogP contribution in [-0.2, 0) is 20.7 Å². The van der Waals surface area contributed by atoms with Gasteiger partial charge in [-0.3, -0.25) is 9.59 Å². The molecule has 6 nitrogen and oxygen atoms in total. The highest BCUT2D eigenvalue weighted by molar-refractivity contribution is 5.81. The summed E-state index contributed by atoms with van der Waals surface area (Å²) in [6.45, 7) is 3.40. The Hall–Kier alpha value is -2.24. The number of rotatable bonds is 7. The molecular formula is C15H21NO5. The lowest BCUT2D eigenvalue weighted by Gasteiger charge is -2.10. The molecule has 21 heavy (non-hydrogen) atoms. The first-order valence-corrected chi connectivity index (χ1v) is 6.62. The van der Waals surface area contributed by atoms with E-state index in [4.69, 9.17) is 14.2 Å². The Labute approximate surface area is 124 Å². The molecule has 0 aliphatic rings. The van der Waals surface area contributed by atoms with E-state index in [2.05, 4.69) is 5.32 Å². The molecule has 0 fully saturated rings. The predicted molar refractivity (Wildman–Crippen MR) is 77.5 cm³/mol. The summed E-state index contributed by atoms with van der Waals surface area (Å²) in [5.41, 5.74) is 0.724. The van der Waals surface area contributed by atoms with E-state index < -0.39 is 5.97 Å². The number of carbonyl (C=O) groups is 2. The molecule has 0 aliphatic heterocycles. The highest BCUT2D eigenvalue weighted by Crippen LogP contribution is 2.27. The van der Waals surface area contributed by atoms with Crippen LogP contribution < -0.4 is 14.8 Å². The monoisotopic (exact) mass is 295 g/mol. The number of nitrogens with one attached hydrogen (secondary N) is 1. The Morgan fingerprint density at radius 3 is 2.38 bits per heavy atom. The SMILES string of the molecule is COc1ccc(CC(=O)OCC(=O)NC(C)C)cc1OC. The first kappa shape index (κ1) is 16.8. The fourth-order valence-corrected chi connectivity index (χ4v) is 1.72. The van der Waals surface area contributed by atoms with Crippen LogP contribution >= 0.6 is 0 Å². The summed E-state index contributed by atoms with van der Waals surface area (Å²) in [4.78, 5) is 23.1. The van der Waals surface area contributed by atoms with E-state index in [1.807, 2.05) is 13.8 Å². The number of ether oxygens (including phenoxy) is 3. The molecule has 1 rings (SSSR count). The van der Waals surface area contributed by atoms with E-state index >= 15 is 0 Å². The van der Waals surface area contributed by atoms with Gasteiger partial charge in [-0.25, -0.2) is 0 Å². The largest absolute Gasteiger partial charge is 0.493 e. The van der Waals surface area contributed by atoms with Crippen LogP contribution in [0.5, 0.6) is 11.5 Å². The standard InChI is InChI=1S/C15H21NO5/c1-10(2)16-14(17)9-21-15(18)8-11-5-6-12(19-3)13(7-11)20-4/h5-7,10H,8-9H2,1-4H3,(H,16,17). The van der Waals surface area contributed by atoms with Crippen LogP contribution in [-0.4, -0.2) is 38.7 Å². The maximum atomic E-state index is 11.7. The van der Waals surface area contributed by atoms with Crippen molar-refractivity contribution in [3.8, 4) is 11.5 Å². The maximum Gasteiger partial charge on any atom is 0.310 e. The maximum absolute atomic E-state index is 11.7. The van der Waals surface area contributed by atoms with Crippen LogP contribution in [0.3, 0.4) is 0 Å². The molecule has 1 aromatic rings. The summed E-state index contributed by atoms with van der Waals surface area (Å²) in [5, 5.41) is 2.64. The minimum Gasteiger partial charge on any atom is -0.493 e. The molecule has 0 heterocycles. The van der Waals surface area contributed by atoms with Gasteiger partial charge in [0.25, 0.3) is 5.91 Å². The summed E-state index contributed by atoms with van der Waals surface area (Å²) in [7, 11) is 3.06. The van der Waals surface area contributed by atoms with Crippen molar-refractivity contribution < 1.29 is 23.8 Å². The molecule has 0 saturated carbocycles. The molecule has 0 aliphatic carbocycles. The number of methoxy groups -OCH3 is 2. The lowest BCUT2D eigenvalue weighted by molar-refractivity contribution is -0.148. The minimum atomic E-state index is -0.471. The van der Waals surface area contributed by atoms with Crippen molar-refractivity contribution in [1.82, 2.24) is 5.32 Å². The molecule has 1 amide bonds. The first-order chi connectivity index (χ1) is 9.96. The Morgan fingerprint density at radius 2 is 1.81 bits per heavy atom. The van der Waals surface area contributed by atoms with Crippen molar-refractivity contribution in [2.45, 2.75) is 26.3 Å². The van der Waals surface area contributed by atoms with Crippen molar-refractivity contribution in [2.24, 2.45) is 0 Å². The molecule has 1 aromatic carbocycles. The molecule has 0 saturated heterocycles. The highest BCUT2D eigenvalue weighted by Gasteiger charge is 2.11. The van der Waals surface area contributed by atoms with Gasteiger partial charge in [-0.15, -0.1) is 0 Å². The highest BCUT2D eigenvalue weighted by atomic mass is 16.5. The number of hydrogen-bond donors (Lipinski definition) is 1. The molecule has 0 unspecified atom stereocenters. The molecule has 1 N–H and O–H groups in total. The van der Waals surface area contributed by atoms with Gasteiger partial charge in [0.05, 0.1) is 20.6 Å². The Kier molecular flexibility index (Phi) is 6.52. The number of carbonyl (C=O) groups excluding carboxylic acids is 2. The van der Waals surface area contributed by atoms with Gasteiger partial charge in [-0.05, 0) is 31.5 Å². The number of esters is 1. The van der Waals surface area contributed by atoms with Gasteiger partial charge in [-0.2, -0.15) is 0 Å². The third-order valence-electron chi connectivity index (χ3n) is 2.61.